The average Bonchev–Trinajstić information content (AvgIpc) is 2.92. The zero-order valence-electron chi connectivity index (χ0n) is 13.3. The van der Waals surface area contributed by atoms with E-state index in [4.69, 9.17) is 4.74 Å². The molecule has 0 unspecified atom stereocenters. The van der Waals surface area contributed by atoms with Gasteiger partial charge in [0.05, 0.1) is 0 Å². The fourth-order valence-corrected chi connectivity index (χ4v) is 4.52. The molecule has 0 saturated carbocycles. The summed E-state index contributed by atoms with van der Waals surface area (Å²) in [6.45, 7) is 1.79. The number of hydrogen-bond acceptors (Lipinski definition) is 7. The summed E-state index contributed by atoms with van der Waals surface area (Å²) in [5.74, 6) is 0.0720. The molecule has 0 saturated heterocycles. The number of carbonyl (C=O) groups excluding carboxylic acids is 1. The second kappa shape index (κ2) is 6.61. The number of nitrogens with zero attached hydrogens (tertiary/aromatic N) is 2. The molecule has 0 fully saturated rings. The maximum atomic E-state index is 11.9. The van der Waals surface area contributed by atoms with Gasteiger partial charge in [0.25, 0.3) is 0 Å². The van der Waals surface area contributed by atoms with Gasteiger partial charge in [0.15, 0.2) is 0 Å². The molecule has 2 heterocycles. The molecule has 0 spiro atoms. The van der Waals surface area contributed by atoms with Gasteiger partial charge in [-0.15, -0.1) is 0 Å². The Morgan fingerprint density at radius 1 is 1.24 bits per heavy atom. The van der Waals surface area contributed by atoms with E-state index < -0.39 is 20.1 Å². The van der Waals surface area contributed by atoms with Gasteiger partial charge >= 0.3 is 149 Å². The van der Waals surface area contributed by atoms with Crippen LogP contribution in [0, 0.1) is 6.92 Å². The van der Waals surface area contributed by atoms with Crippen LogP contribution in [0.1, 0.15) is 15.2 Å². The molecular weight excluding hydrogens is 409 g/mol. The van der Waals surface area contributed by atoms with E-state index in [0.29, 0.717) is 32.2 Å². The Balaban J connectivity index is 2.00. The Hall–Kier alpha value is -2.19. The van der Waals surface area contributed by atoms with Crippen molar-refractivity contribution in [3.05, 3.63) is 41.0 Å². The predicted molar refractivity (Wildman–Crippen MR) is 93.7 cm³/mol. The number of aryl methyl sites for hydroxylation is 1. The maximum absolute atomic E-state index is 11.9. The van der Waals surface area contributed by atoms with Gasteiger partial charge in [0.2, 0.25) is 0 Å². The van der Waals surface area contributed by atoms with E-state index in [-0.39, 0.29) is 4.35 Å². The van der Waals surface area contributed by atoms with Crippen molar-refractivity contribution in [2.75, 3.05) is 12.4 Å². The third kappa shape index (κ3) is 3.45. The first-order valence-electron chi connectivity index (χ1n) is 7.07. The fraction of sp³-hybridized carbons (Fsp3) is 0.133. The molecule has 3 aromatic rings. The molecule has 0 atom stereocenters. The Labute approximate surface area is 149 Å². The van der Waals surface area contributed by atoms with Crippen molar-refractivity contribution in [2.24, 2.45) is 0 Å². The topological polar surface area (TPSA) is 122 Å². The van der Waals surface area contributed by atoms with E-state index in [1.54, 1.807) is 19.1 Å². The van der Waals surface area contributed by atoms with Crippen LogP contribution in [0.5, 0.6) is 0 Å². The van der Waals surface area contributed by atoms with Gasteiger partial charge in [-0.1, -0.05) is 0 Å². The van der Waals surface area contributed by atoms with Crippen LogP contribution in [0.25, 0.3) is 10.2 Å². The minimum absolute atomic E-state index is 0.00352. The molecule has 0 bridgehead atoms. The molecule has 2 aromatic heterocycles. The third-order valence-corrected chi connectivity index (χ3v) is 6.78. The number of nitrogens with one attached hydrogen (secondary N) is 1. The summed E-state index contributed by atoms with van der Waals surface area (Å²) >= 11 is -3.69. The van der Waals surface area contributed by atoms with Crippen LogP contribution in [0.15, 0.2) is 30.6 Å². The first-order chi connectivity index (χ1) is 11.8. The molecule has 0 aliphatic heterocycles. The van der Waals surface area contributed by atoms with E-state index in [0.717, 1.165) is 0 Å². The summed E-state index contributed by atoms with van der Waals surface area (Å²) < 4.78 is 34.5. The van der Waals surface area contributed by atoms with Gasteiger partial charge in [0.1, 0.15) is 0 Å². The van der Waals surface area contributed by atoms with Crippen molar-refractivity contribution in [1.29, 1.82) is 0 Å². The van der Waals surface area contributed by atoms with Crippen molar-refractivity contribution in [3.63, 3.8) is 0 Å². The van der Waals surface area contributed by atoms with Gasteiger partial charge in [-0.25, -0.2) is 0 Å². The summed E-state index contributed by atoms with van der Waals surface area (Å²) in [6, 6.07) is 5.88. The summed E-state index contributed by atoms with van der Waals surface area (Å²) in [6.07, 6.45) is 1.38. The molecular formula is C15H14AsN3O5S. The van der Waals surface area contributed by atoms with Crippen LogP contribution in [0.2, 0.25) is 0 Å². The zero-order valence-corrected chi connectivity index (χ0v) is 15.9. The minimum atomic E-state index is -4.91. The van der Waals surface area contributed by atoms with Gasteiger partial charge in [-0.3, -0.25) is 0 Å². The number of carbonyl (C=O) groups is 1. The molecule has 3 N–H and O–H groups in total. The summed E-state index contributed by atoms with van der Waals surface area (Å²) in [5.41, 5.74) is 1.32. The average molecular weight is 423 g/mol. The van der Waals surface area contributed by atoms with E-state index in [2.05, 4.69) is 15.3 Å². The monoisotopic (exact) mass is 423 g/mol. The van der Waals surface area contributed by atoms with Crippen molar-refractivity contribution < 1.29 is 21.5 Å². The van der Waals surface area contributed by atoms with Gasteiger partial charge in [0, 0.05) is 0 Å². The molecule has 8 nitrogen and oxygen atoms in total. The first-order valence-corrected chi connectivity index (χ1v) is 11.3. The van der Waals surface area contributed by atoms with Crippen LogP contribution < -0.4 is 9.67 Å². The molecule has 25 heavy (non-hydrogen) atoms. The number of anilines is 2. The van der Waals surface area contributed by atoms with Crippen molar-refractivity contribution in [3.8, 4) is 0 Å². The normalized spacial score (nSPS) is 11.5. The van der Waals surface area contributed by atoms with Crippen molar-refractivity contribution in [2.45, 2.75) is 6.92 Å². The van der Waals surface area contributed by atoms with E-state index >= 15 is 0 Å². The van der Waals surface area contributed by atoms with Crippen LogP contribution in [-0.2, 0) is 8.48 Å². The van der Waals surface area contributed by atoms with Crippen molar-refractivity contribution >= 4 is 57.6 Å². The van der Waals surface area contributed by atoms with E-state index in [1.165, 1.54) is 36.9 Å². The number of fused-ring (bicyclic) bond motifs is 1. The summed E-state index contributed by atoms with van der Waals surface area (Å²) in [4.78, 5) is 21.4. The number of aromatic nitrogens is 2. The number of hydrogen-bond donors (Lipinski definition) is 3. The van der Waals surface area contributed by atoms with Crippen LogP contribution in [-0.4, -0.2) is 45.4 Å². The van der Waals surface area contributed by atoms with Crippen LogP contribution >= 0.6 is 11.3 Å². The molecule has 1 aromatic carbocycles. The third-order valence-electron chi connectivity index (χ3n) is 3.56. The van der Waals surface area contributed by atoms with E-state index in [9.17, 15) is 16.7 Å². The summed E-state index contributed by atoms with van der Waals surface area (Å²) in [5, 5.41) is 3.80. The second-order valence-electron chi connectivity index (χ2n) is 5.17. The summed E-state index contributed by atoms with van der Waals surface area (Å²) in [7, 11) is 1.32. The zero-order chi connectivity index (χ0) is 18.2. The molecule has 0 aliphatic carbocycles. The van der Waals surface area contributed by atoms with Crippen LogP contribution in [0.4, 0.5) is 11.5 Å². The number of ether oxygens (including phenoxy) is 1. The number of benzene rings is 1. The molecule has 3 rings (SSSR count). The quantitative estimate of drug-likeness (QED) is 0.421. The second-order valence-corrected chi connectivity index (χ2v) is 9.53. The molecule has 0 aliphatic rings. The number of thiophene rings is 1. The fourth-order valence-electron chi connectivity index (χ4n) is 2.33. The molecule has 130 valence electrons. The van der Waals surface area contributed by atoms with Gasteiger partial charge < -0.3 is 0 Å². The molecule has 10 heteroatoms. The Morgan fingerprint density at radius 2 is 1.92 bits per heavy atom. The van der Waals surface area contributed by atoms with Crippen LogP contribution in [0.3, 0.4) is 0 Å². The number of methoxy groups -OCH3 is 1. The number of rotatable bonds is 4. The Bertz CT molecular complexity index is 996. The van der Waals surface area contributed by atoms with E-state index in [1.807, 2.05) is 0 Å². The Kier molecular flexibility index (Phi) is 4.66. The van der Waals surface area contributed by atoms with Crippen molar-refractivity contribution in [1.82, 2.24) is 9.97 Å². The molecule has 0 radical (unpaired) electrons. The first kappa shape index (κ1) is 17.6. The number of esters is 1. The SMILES string of the molecule is COC(=O)c1sc2ncnc(Nc3ccc([As](=O)(O)O)cc3)c2c1C. The molecule has 0 amide bonds. The standard InChI is InChI=1S/C15H14AsN3O5S/c1-8-11-13(17-7-18-14(11)25-12(8)15(20)24-2)19-10-5-3-9(4-6-10)16(21,22)23/h3-7H,1-2H3,(H,17,18,19)(H2,21,22,23). The van der Waals surface area contributed by atoms with Gasteiger partial charge in [-0.05, 0) is 0 Å². The Morgan fingerprint density at radius 3 is 2.52 bits per heavy atom. The predicted octanol–water partition coefficient (Wildman–Crippen LogP) is 1.09. The van der Waals surface area contributed by atoms with Gasteiger partial charge in [-0.2, -0.15) is 0 Å².